The minimum atomic E-state index is 0.117. The molecule has 0 radical (unpaired) electrons. The zero-order valence-corrected chi connectivity index (χ0v) is 23.7. The van der Waals surface area contributed by atoms with Gasteiger partial charge in [0, 0.05) is 18.8 Å². The number of ketones is 1. The number of aromatic nitrogens is 3. The average Bonchev–Trinajstić information content (AvgIpc) is 3.05. The number of hydrogen-bond donors (Lipinski definition) is 0. The molecule has 1 unspecified atom stereocenters. The Balaban J connectivity index is 0.000000342. The van der Waals surface area contributed by atoms with E-state index in [0.29, 0.717) is 22.9 Å². The number of carbonyl (C=O) groups is 1. The van der Waals surface area contributed by atoms with Gasteiger partial charge in [0.25, 0.3) is 0 Å². The van der Waals surface area contributed by atoms with Gasteiger partial charge < -0.3 is 14.3 Å². The van der Waals surface area contributed by atoms with Crippen LogP contribution in [0.25, 0.3) is 10.9 Å². The number of rotatable bonds is 7. The van der Waals surface area contributed by atoms with Crippen molar-refractivity contribution in [1.82, 2.24) is 14.8 Å². The van der Waals surface area contributed by atoms with E-state index in [4.69, 9.17) is 21.1 Å². The van der Waals surface area contributed by atoms with Crippen molar-refractivity contribution in [1.29, 1.82) is 0 Å². The number of Topliss-reactive ketones (excluding diaryl/α,β-unsaturated/α-hetero) is 1. The van der Waals surface area contributed by atoms with Crippen LogP contribution in [0.3, 0.4) is 0 Å². The fourth-order valence-corrected chi connectivity index (χ4v) is 3.37. The largest absolute Gasteiger partial charge is 0.497 e. The van der Waals surface area contributed by atoms with Crippen LogP contribution in [0.5, 0.6) is 11.6 Å². The summed E-state index contributed by atoms with van der Waals surface area (Å²) in [5.41, 5.74) is 3.22. The monoisotopic (exact) mass is 503 g/mol. The smallest absolute Gasteiger partial charge is 0.226 e. The third-order valence-corrected chi connectivity index (χ3v) is 5.48. The number of aryl methyl sites for hydroxylation is 2. The fourth-order valence-electron chi connectivity index (χ4n) is 3.19. The lowest BCUT2D eigenvalue weighted by Crippen LogP contribution is -2.14. The molecule has 3 aromatic rings. The van der Waals surface area contributed by atoms with Crippen LogP contribution < -0.4 is 9.47 Å². The van der Waals surface area contributed by atoms with Crippen molar-refractivity contribution >= 4 is 28.3 Å². The van der Waals surface area contributed by atoms with Gasteiger partial charge in [0.2, 0.25) is 5.88 Å². The molecular weight excluding hydrogens is 462 g/mol. The van der Waals surface area contributed by atoms with Crippen molar-refractivity contribution in [3.63, 3.8) is 0 Å². The molecule has 1 atom stereocenters. The van der Waals surface area contributed by atoms with Gasteiger partial charge in [0.05, 0.1) is 18.6 Å². The number of carbonyl (C=O) groups excluding carboxylic acids is 1. The summed E-state index contributed by atoms with van der Waals surface area (Å²) in [6, 6.07) is 9.97. The predicted octanol–water partition coefficient (Wildman–Crippen LogP) is 7.55. The van der Waals surface area contributed by atoms with Crippen molar-refractivity contribution < 1.29 is 14.3 Å². The lowest BCUT2D eigenvalue weighted by molar-refractivity contribution is -0.114. The van der Waals surface area contributed by atoms with Crippen molar-refractivity contribution in [3.8, 4) is 11.6 Å². The number of methoxy groups -OCH3 is 1. The molecule has 0 fully saturated rings. The molecule has 0 N–H and O–H groups in total. The zero-order valence-electron chi connectivity index (χ0n) is 23.0. The van der Waals surface area contributed by atoms with E-state index in [0.717, 1.165) is 35.2 Å². The van der Waals surface area contributed by atoms with Gasteiger partial charge in [-0.05, 0) is 70.1 Å². The van der Waals surface area contributed by atoms with Gasteiger partial charge in [-0.3, -0.25) is 4.68 Å². The molecule has 0 aliphatic carbocycles. The Labute approximate surface area is 216 Å². The van der Waals surface area contributed by atoms with E-state index in [1.165, 1.54) is 19.4 Å². The van der Waals surface area contributed by atoms with Gasteiger partial charge in [-0.15, -0.1) is 0 Å². The molecule has 0 aliphatic rings. The predicted molar refractivity (Wildman–Crippen MR) is 146 cm³/mol. The van der Waals surface area contributed by atoms with Gasteiger partial charge >= 0.3 is 0 Å². The molecule has 2 aromatic heterocycles. The third-order valence-electron chi connectivity index (χ3n) is 5.28. The molecule has 0 amide bonds. The van der Waals surface area contributed by atoms with E-state index >= 15 is 0 Å². The van der Waals surface area contributed by atoms with Crippen molar-refractivity contribution in [2.24, 2.45) is 13.0 Å². The van der Waals surface area contributed by atoms with Crippen LogP contribution >= 0.6 is 11.6 Å². The maximum absolute atomic E-state index is 9.44. The summed E-state index contributed by atoms with van der Waals surface area (Å²) in [6.45, 7) is 15.9. The van der Waals surface area contributed by atoms with Gasteiger partial charge in [-0.2, -0.15) is 5.10 Å². The molecule has 0 spiro atoms. The van der Waals surface area contributed by atoms with E-state index in [1.807, 2.05) is 30.8 Å². The molecule has 2 heterocycles. The maximum Gasteiger partial charge on any atom is 0.226 e. The van der Waals surface area contributed by atoms with Crippen molar-refractivity contribution in [2.75, 3.05) is 7.11 Å². The zero-order chi connectivity index (χ0) is 26.7. The lowest BCUT2D eigenvalue weighted by atomic mass is 10.0. The standard InChI is InChI=1S/C15H22ClN3O.C10H14O.C3H6O/c1-9(2)6-7-10(3)20-15-14-11(4)19(5)18-12(14)8-13(16)17-15;1-8(2)9-4-6-10(11-3)7-5-9;1-3(2)4/h8-10H,6-7H2,1-5H3;4-8H,1-3H3;1-2H3. The summed E-state index contributed by atoms with van der Waals surface area (Å²) in [5.74, 6) is 2.96. The van der Waals surface area contributed by atoms with Gasteiger partial charge in [0.1, 0.15) is 22.2 Å². The highest BCUT2D eigenvalue weighted by Gasteiger charge is 2.16. The van der Waals surface area contributed by atoms with E-state index in [1.54, 1.807) is 13.2 Å². The molecule has 7 heteroatoms. The number of nitrogens with zero attached hydrogens (tertiary/aromatic N) is 3. The second-order valence-electron chi connectivity index (χ2n) is 9.59. The number of hydrogen-bond acceptors (Lipinski definition) is 5. The first-order valence-corrected chi connectivity index (χ1v) is 12.5. The minimum Gasteiger partial charge on any atom is -0.497 e. The molecule has 1 aromatic carbocycles. The second kappa shape index (κ2) is 14.7. The molecule has 35 heavy (non-hydrogen) atoms. The molecule has 0 bridgehead atoms. The van der Waals surface area contributed by atoms with E-state index in [9.17, 15) is 4.79 Å². The summed E-state index contributed by atoms with van der Waals surface area (Å²) in [7, 11) is 3.60. The van der Waals surface area contributed by atoms with E-state index in [-0.39, 0.29) is 11.9 Å². The van der Waals surface area contributed by atoms with Crippen molar-refractivity contribution in [2.45, 2.75) is 80.3 Å². The first-order valence-electron chi connectivity index (χ1n) is 12.1. The number of halogens is 1. The highest BCUT2D eigenvalue weighted by atomic mass is 35.5. The molecule has 0 saturated heterocycles. The summed E-state index contributed by atoms with van der Waals surface area (Å²) < 4.78 is 12.9. The van der Waals surface area contributed by atoms with Gasteiger partial charge in [0.15, 0.2) is 0 Å². The Kier molecular flexibility index (Phi) is 12.8. The quantitative estimate of drug-likeness (QED) is 0.311. The minimum absolute atomic E-state index is 0.117. The number of benzene rings is 1. The Hall–Kier alpha value is -2.60. The van der Waals surface area contributed by atoms with Crippen molar-refractivity contribution in [3.05, 3.63) is 46.7 Å². The van der Waals surface area contributed by atoms with E-state index in [2.05, 4.69) is 56.8 Å². The first-order chi connectivity index (χ1) is 16.3. The summed E-state index contributed by atoms with van der Waals surface area (Å²) in [5, 5.41) is 5.80. The SMILES string of the molecule is CC(C)=O.COc1ccc(C(C)C)cc1.Cc1c2c(OC(C)CCC(C)C)nc(Cl)cc2nn1C. The van der Waals surface area contributed by atoms with Crippen LogP contribution in [0.15, 0.2) is 30.3 Å². The number of pyridine rings is 1. The molecule has 6 nitrogen and oxygen atoms in total. The Morgan fingerprint density at radius 3 is 2.11 bits per heavy atom. The van der Waals surface area contributed by atoms with Crippen LogP contribution in [-0.4, -0.2) is 33.8 Å². The first kappa shape index (κ1) is 30.4. The van der Waals surface area contributed by atoms with Crippen LogP contribution in [-0.2, 0) is 11.8 Å². The number of ether oxygens (including phenoxy) is 2. The van der Waals surface area contributed by atoms with Crippen LogP contribution in [0.1, 0.15) is 78.5 Å². The Bertz CT molecular complexity index is 1060. The fraction of sp³-hybridized carbons (Fsp3) is 0.536. The normalized spacial score (nSPS) is 11.5. The molecule has 0 aliphatic heterocycles. The molecule has 0 saturated carbocycles. The summed E-state index contributed by atoms with van der Waals surface area (Å²) in [6.07, 6.45) is 2.26. The third kappa shape index (κ3) is 10.7. The van der Waals surface area contributed by atoms with E-state index < -0.39 is 0 Å². The Morgan fingerprint density at radius 2 is 1.63 bits per heavy atom. The molecular formula is C28H42ClN3O3. The second-order valence-corrected chi connectivity index (χ2v) is 9.98. The van der Waals surface area contributed by atoms with Gasteiger partial charge in [-0.1, -0.05) is 51.4 Å². The lowest BCUT2D eigenvalue weighted by Gasteiger charge is -2.16. The topological polar surface area (TPSA) is 66.2 Å². The molecule has 3 rings (SSSR count). The van der Waals surface area contributed by atoms with Crippen LogP contribution in [0.4, 0.5) is 0 Å². The van der Waals surface area contributed by atoms with Crippen LogP contribution in [0.2, 0.25) is 5.15 Å². The summed E-state index contributed by atoms with van der Waals surface area (Å²) >= 11 is 6.06. The van der Waals surface area contributed by atoms with Crippen LogP contribution in [0, 0.1) is 12.8 Å². The maximum atomic E-state index is 9.44. The van der Waals surface area contributed by atoms with Gasteiger partial charge in [-0.25, -0.2) is 4.98 Å². The Morgan fingerprint density at radius 1 is 1.06 bits per heavy atom. The summed E-state index contributed by atoms with van der Waals surface area (Å²) in [4.78, 5) is 13.8. The number of fused-ring (bicyclic) bond motifs is 1. The highest BCUT2D eigenvalue weighted by molar-refractivity contribution is 6.30. The average molecular weight is 504 g/mol. The molecule has 194 valence electrons. The highest BCUT2D eigenvalue weighted by Crippen LogP contribution is 2.30.